The van der Waals surface area contributed by atoms with Crippen LogP contribution in [-0.2, 0) is 0 Å². The number of nitrogens with zero attached hydrogens (tertiary/aromatic N) is 3. The Balaban J connectivity index is 0.00000208. The molecule has 0 spiro atoms. The van der Waals surface area contributed by atoms with Crippen molar-refractivity contribution in [2.24, 2.45) is 5.41 Å². The Morgan fingerprint density at radius 2 is 2.29 bits per heavy atom. The summed E-state index contributed by atoms with van der Waals surface area (Å²) in [6, 6.07) is 2.28. The van der Waals surface area contributed by atoms with Gasteiger partial charge >= 0.3 is 0 Å². The first kappa shape index (κ1) is 19.3. The molecule has 0 aromatic carbocycles. The number of piperidine rings is 2. The zero-order valence-electron chi connectivity index (χ0n) is 15.0. The predicted molar refractivity (Wildman–Crippen MR) is 98.8 cm³/mol. The van der Waals surface area contributed by atoms with Crippen molar-refractivity contribution < 1.29 is 4.79 Å². The summed E-state index contributed by atoms with van der Waals surface area (Å²) in [6.45, 7) is 8.34. The largest absolute Gasteiger partial charge is 0.337 e. The van der Waals surface area contributed by atoms with E-state index in [0.29, 0.717) is 11.7 Å². The quantitative estimate of drug-likeness (QED) is 0.902. The summed E-state index contributed by atoms with van der Waals surface area (Å²) in [5.41, 5.74) is 0.884. The third kappa shape index (κ3) is 4.31. The lowest BCUT2D eigenvalue weighted by Gasteiger charge is -2.40. The molecule has 136 valence electrons. The third-order valence-electron chi connectivity index (χ3n) is 5.39. The van der Waals surface area contributed by atoms with E-state index < -0.39 is 0 Å². The van der Waals surface area contributed by atoms with Gasteiger partial charge in [-0.2, -0.15) is 5.10 Å². The first-order valence-corrected chi connectivity index (χ1v) is 9.16. The summed E-state index contributed by atoms with van der Waals surface area (Å²) in [5, 5.41) is 7.99. The summed E-state index contributed by atoms with van der Waals surface area (Å²) >= 11 is 0. The van der Waals surface area contributed by atoms with Crippen LogP contribution in [0.5, 0.6) is 0 Å². The van der Waals surface area contributed by atoms with Crippen LogP contribution < -0.4 is 5.32 Å². The summed E-state index contributed by atoms with van der Waals surface area (Å²) in [4.78, 5) is 14.8. The Bertz CT molecular complexity index is 537. The van der Waals surface area contributed by atoms with Crippen molar-refractivity contribution in [2.75, 3.05) is 26.2 Å². The Hall–Kier alpha value is -1.07. The minimum atomic E-state index is 0. The maximum Gasteiger partial charge on any atom is 0.274 e. The van der Waals surface area contributed by atoms with Gasteiger partial charge in [0.1, 0.15) is 5.69 Å². The number of nitrogens with one attached hydrogen (secondary N) is 1. The van der Waals surface area contributed by atoms with Crippen LogP contribution in [0.4, 0.5) is 0 Å². The summed E-state index contributed by atoms with van der Waals surface area (Å²) in [6.07, 6.45) is 9.00. The minimum Gasteiger partial charge on any atom is -0.337 e. The fraction of sp³-hybridized carbons (Fsp3) is 0.778. The molecule has 6 heteroatoms. The number of amides is 1. The molecule has 2 atom stereocenters. The number of carbonyl (C=O) groups is 1. The third-order valence-corrected chi connectivity index (χ3v) is 5.39. The van der Waals surface area contributed by atoms with Crippen LogP contribution >= 0.6 is 12.4 Å². The van der Waals surface area contributed by atoms with E-state index in [9.17, 15) is 4.79 Å². The van der Waals surface area contributed by atoms with Gasteiger partial charge in [-0.15, -0.1) is 12.4 Å². The molecule has 0 saturated carbocycles. The van der Waals surface area contributed by atoms with Crippen LogP contribution in [0.3, 0.4) is 0 Å². The van der Waals surface area contributed by atoms with Gasteiger partial charge in [-0.3, -0.25) is 9.48 Å². The molecule has 2 aliphatic rings. The maximum atomic E-state index is 12.8. The second-order valence-electron chi connectivity index (χ2n) is 7.57. The number of halogens is 1. The molecule has 24 heavy (non-hydrogen) atoms. The van der Waals surface area contributed by atoms with E-state index in [1.807, 2.05) is 21.8 Å². The molecule has 1 aromatic rings. The molecule has 2 saturated heterocycles. The van der Waals surface area contributed by atoms with Gasteiger partial charge in [0, 0.05) is 25.8 Å². The molecule has 2 aliphatic heterocycles. The average Bonchev–Trinajstić information content (AvgIpc) is 3.05. The number of likely N-dealkylation sites (tertiary alicyclic amines) is 1. The molecule has 3 heterocycles. The zero-order valence-corrected chi connectivity index (χ0v) is 15.8. The first-order chi connectivity index (χ1) is 11.1. The molecular weight excluding hydrogens is 324 g/mol. The fourth-order valence-electron chi connectivity index (χ4n) is 4.17. The van der Waals surface area contributed by atoms with E-state index >= 15 is 0 Å². The van der Waals surface area contributed by atoms with Gasteiger partial charge in [0.25, 0.3) is 5.91 Å². The monoisotopic (exact) mass is 354 g/mol. The Kier molecular flexibility index (Phi) is 6.70. The van der Waals surface area contributed by atoms with E-state index in [1.165, 1.54) is 25.7 Å². The fourth-order valence-corrected chi connectivity index (χ4v) is 4.17. The Morgan fingerprint density at radius 1 is 1.46 bits per heavy atom. The number of rotatable bonds is 4. The van der Waals surface area contributed by atoms with Crippen molar-refractivity contribution in [1.29, 1.82) is 0 Å². The number of aromatic nitrogens is 2. The molecule has 2 unspecified atom stereocenters. The molecule has 0 bridgehead atoms. The standard InChI is InChI=1S/C18H30N4O.ClH/c1-3-8-18(2)9-5-11-21(14-18)17(23)16-7-12-22(20-16)15-6-4-10-19-13-15;/h7,12,15,19H,3-6,8-11,13-14H2,1-2H3;1H. The van der Waals surface area contributed by atoms with Crippen LogP contribution in [0, 0.1) is 5.41 Å². The lowest BCUT2D eigenvalue weighted by atomic mass is 9.78. The molecule has 1 amide bonds. The second-order valence-corrected chi connectivity index (χ2v) is 7.57. The van der Waals surface area contributed by atoms with E-state index in [0.717, 1.165) is 39.0 Å². The lowest BCUT2D eigenvalue weighted by molar-refractivity contribution is 0.0523. The highest BCUT2D eigenvalue weighted by Gasteiger charge is 2.33. The predicted octanol–water partition coefficient (Wildman–Crippen LogP) is 3.27. The highest BCUT2D eigenvalue weighted by molar-refractivity contribution is 5.92. The van der Waals surface area contributed by atoms with Crippen molar-refractivity contribution in [2.45, 2.75) is 58.4 Å². The van der Waals surface area contributed by atoms with Gasteiger partial charge in [-0.1, -0.05) is 20.3 Å². The lowest BCUT2D eigenvalue weighted by Crippen LogP contribution is -2.45. The molecule has 2 fully saturated rings. The van der Waals surface area contributed by atoms with Crippen molar-refractivity contribution in [1.82, 2.24) is 20.0 Å². The highest BCUT2D eigenvalue weighted by Crippen LogP contribution is 2.34. The van der Waals surface area contributed by atoms with Gasteiger partial charge in [0.2, 0.25) is 0 Å². The maximum absolute atomic E-state index is 12.8. The average molecular weight is 355 g/mol. The molecule has 3 rings (SSSR count). The summed E-state index contributed by atoms with van der Waals surface area (Å²) in [5.74, 6) is 0.106. The van der Waals surface area contributed by atoms with Crippen molar-refractivity contribution >= 4 is 18.3 Å². The molecule has 0 aliphatic carbocycles. The van der Waals surface area contributed by atoms with Gasteiger partial charge in [-0.05, 0) is 50.1 Å². The zero-order chi connectivity index (χ0) is 16.3. The SMILES string of the molecule is CCCC1(C)CCCN(C(=O)c2ccn(C3CCCNC3)n2)C1.Cl. The van der Waals surface area contributed by atoms with Gasteiger partial charge in [-0.25, -0.2) is 0 Å². The summed E-state index contributed by atoms with van der Waals surface area (Å²) < 4.78 is 1.98. The molecule has 1 N–H and O–H groups in total. The highest BCUT2D eigenvalue weighted by atomic mass is 35.5. The number of hydrogen-bond acceptors (Lipinski definition) is 3. The van der Waals surface area contributed by atoms with E-state index in [1.54, 1.807) is 0 Å². The first-order valence-electron chi connectivity index (χ1n) is 9.16. The minimum absolute atomic E-state index is 0. The van der Waals surface area contributed by atoms with Crippen LogP contribution in [0.2, 0.25) is 0 Å². The van der Waals surface area contributed by atoms with Crippen LogP contribution in [-0.4, -0.2) is 46.8 Å². The molecule has 1 aromatic heterocycles. The normalized spacial score (nSPS) is 27.6. The molecular formula is C18H31ClN4O. The van der Waals surface area contributed by atoms with E-state index in [2.05, 4.69) is 24.3 Å². The topological polar surface area (TPSA) is 50.2 Å². The smallest absolute Gasteiger partial charge is 0.274 e. The number of hydrogen-bond donors (Lipinski definition) is 1. The summed E-state index contributed by atoms with van der Waals surface area (Å²) in [7, 11) is 0. The van der Waals surface area contributed by atoms with Crippen molar-refractivity contribution in [3.63, 3.8) is 0 Å². The van der Waals surface area contributed by atoms with Crippen LogP contribution in [0.1, 0.15) is 68.9 Å². The number of carbonyl (C=O) groups excluding carboxylic acids is 1. The van der Waals surface area contributed by atoms with Crippen LogP contribution in [0.25, 0.3) is 0 Å². The second kappa shape index (κ2) is 8.34. The molecule has 0 radical (unpaired) electrons. The van der Waals surface area contributed by atoms with Crippen LogP contribution in [0.15, 0.2) is 12.3 Å². The van der Waals surface area contributed by atoms with Gasteiger partial charge in [0.15, 0.2) is 0 Å². The molecule has 5 nitrogen and oxygen atoms in total. The van der Waals surface area contributed by atoms with E-state index in [-0.39, 0.29) is 23.7 Å². The van der Waals surface area contributed by atoms with Gasteiger partial charge < -0.3 is 10.2 Å². The Labute approximate surface area is 151 Å². The Morgan fingerprint density at radius 3 is 3.00 bits per heavy atom. The van der Waals surface area contributed by atoms with Crippen molar-refractivity contribution in [3.05, 3.63) is 18.0 Å². The van der Waals surface area contributed by atoms with E-state index in [4.69, 9.17) is 0 Å². The van der Waals surface area contributed by atoms with Gasteiger partial charge in [0.05, 0.1) is 6.04 Å². The van der Waals surface area contributed by atoms with Crippen molar-refractivity contribution in [3.8, 4) is 0 Å².